The first-order valence-electron chi connectivity index (χ1n) is 9.45. The molecule has 0 unspecified atom stereocenters. The van der Waals surface area contributed by atoms with Crippen LogP contribution in [0.15, 0.2) is 42.5 Å². The van der Waals surface area contributed by atoms with Gasteiger partial charge in [-0.1, -0.05) is 30.3 Å². The summed E-state index contributed by atoms with van der Waals surface area (Å²) < 4.78 is 5.92. The molecule has 1 N–H and O–H groups in total. The van der Waals surface area contributed by atoms with Crippen LogP contribution in [0.4, 0.5) is 0 Å². The summed E-state index contributed by atoms with van der Waals surface area (Å²) in [6.45, 7) is 1.64. The number of benzene rings is 1. The largest absolute Gasteiger partial charge is 0.376 e. The Morgan fingerprint density at radius 3 is 2.88 bits per heavy atom. The summed E-state index contributed by atoms with van der Waals surface area (Å²) in [4.78, 5) is 18.4. The number of nitrogens with zero attached hydrogens (tertiary/aromatic N) is 1. The van der Waals surface area contributed by atoms with Crippen molar-refractivity contribution in [2.75, 3.05) is 13.2 Å². The van der Waals surface area contributed by atoms with Gasteiger partial charge in [0.25, 0.3) is 0 Å². The smallest absolute Gasteiger partial charge is 0.223 e. The maximum atomic E-state index is 12.8. The number of aromatic amines is 1. The topological polar surface area (TPSA) is 45.3 Å². The lowest BCUT2D eigenvalue weighted by atomic mass is 10.1. The van der Waals surface area contributed by atoms with Gasteiger partial charge in [0.1, 0.15) is 0 Å². The molecule has 1 aromatic heterocycles. The van der Waals surface area contributed by atoms with Gasteiger partial charge in [-0.3, -0.25) is 4.79 Å². The van der Waals surface area contributed by atoms with Crippen LogP contribution in [-0.2, 0) is 16.0 Å². The fourth-order valence-electron chi connectivity index (χ4n) is 4.16. The van der Waals surface area contributed by atoms with Gasteiger partial charge in [0.2, 0.25) is 5.91 Å². The van der Waals surface area contributed by atoms with E-state index in [2.05, 4.69) is 34.1 Å². The van der Waals surface area contributed by atoms with Gasteiger partial charge in [-0.2, -0.15) is 0 Å². The minimum absolute atomic E-state index is 0.265. The number of carbonyl (C=O) groups is 1. The number of aromatic nitrogens is 1. The number of amides is 1. The number of fused-ring (bicyclic) bond motifs is 1. The van der Waals surface area contributed by atoms with Crippen molar-refractivity contribution in [3.8, 4) is 11.3 Å². The van der Waals surface area contributed by atoms with Gasteiger partial charge in [-0.25, -0.2) is 0 Å². The predicted molar refractivity (Wildman–Crippen MR) is 98.3 cm³/mol. The van der Waals surface area contributed by atoms with Crippen molar-refractivity contribution in [2.45, 2.75) is 50.7 Å². The molecular weight excluding hydrogens is 312 g/mol. The number of aryl methyl sites for hydroxylation is 1. The molecule has 2 atom stereocenters. The molecule has 2 aromatic rings. The highest BCUT2D eigenvalue weighted by atomic mass is 16.5. The van der Waals surface area contributed by atoms with Crippen LogP contribution in [0.2, 0.25) is 0 Å². The first-order valence-corrected chi connectivity index (χ1v) is 9.45. The molecule has 0 radical (unpaired) electrons. The number of hydrogen-bond acceptors (Lipinski definition) is 2. The van der Waals surface area contributed by atoms with Crippen LogP contribution in [-0.4, -0.2) is 41.1 Å². The third-order valence-corrected chi connectivity index (χ3v) is 5.45. The lowest BCUT2D eigenvalue weighted by molar-refractivity contribution is -0.134. The van der Waals surface area contributed by atoms with Crippen molar-refractivity contribution >= 4 is 5.91 Å². The molecule has 2 aliphatic rings. The molecule has 2 fully saturated rings. The van der Waals surface area contributed by atoms with E-state index in [1.54, 1.807) is 0 Å². The Kier molecular flexibility index (Phi) is 4.88. The molecule has 1 aliphatic heterocycles. The molecule has 1 aliphatic carbocycles. The molecule has 4 heteroatoms. The molecule has 1 saturated heterocycles. The highest BCUT2D eigenvalue weighted by molar-refractivity contribution is 5.77. The van der Waals surface area contributed by atoms with E-state index in [0.717, 1.165) is 50.2 Å². The Morgan fingerprint density at radius 2 is 2.00 bits per heavy atom. The second-order valence-corrected chi connectivity index (χ2v) is 7.11. The summed E-state index contributed by atoms with van der Waals surface area (Å²) in [6, 6.07) is 14.8. The summed E-state index contributed by atoms with van der Waals surface area (Å²) in [5.74, 6) is 0.276. The Morgan fingerprint density at radius 1 is 1.12 bits per heavy atom. The van der Waals surface area contributed by atoms with Crippen LogP contribution >= 0.6 is 0 Å². The summed E-state index contributed by atoms with van der Waals surface area (Å²) >= 11 is 0. The van der Waals surface area contributed by atoms with Crippen molar-refractivity contribution in [2.24, 2.45) is 0 Å². The van der Waals surface area contributed by atoms with E-state index in [-0.39, 0.29) is 12.0 Å². The molecule has 132 valence electrons. The normalized spacial score (nSPS) is 23.3. The van der Waals surface area contributed by atoms with Gasteiger partial charge >= 0.3 is 0 Å². The zero-order chi connectivity index (χ0) is 17.1. The molecule has 1 aromatic carbocycles. The van der Waals surface area contributed by atoms with Crippen molar-refractivity contribution in [1.82, 2.24) is 9.88 Å². The number of hydrogen-bond donors (Lipinski definition) is 1. The average Bonchev–Trinajstić information content (AvgIpc) is 3.26. The standard InChI is InChI=1S/C21H26N2O2/c24-21(23-14-5-15-25-20-9-4-8-19(20)23)13-11-17-10-12-18(22-17)16-6-2-1-3-7-16/h1-3,6-7,10,12,19-20,22H,4-5,8-9,11,13-15H2/t19-,20+/m0/s1. The summed E-state index contributed by atoms with van der Waals surface area (Å²) in [7, 11) is 0. The SMILES string of the molecule is O=C(CCc1ccc(-c2ccccc2)[nH]1)N1CCCO[C@@H]2CCC[C@@H]21. The molecule has 1 saturated carbocycles. The molecule has 25 heavy (non-hydrogen) atoms. The maximum Gasteiger partial charge on any atom is 0.223 e. The number of nitrogens with one attached hydrogen (secondary N) is 1. The molecule has 4 nitrogen and oxygen atoms in total. The fourth-order valence-corrected chi connectivity index (χ4v) is 4.16. The van der Waals surface area contributed by atoms with Gasteiger partial charge in [0.05, 0.1) is 12.1 Å². The molecule has 0 bridgehead atoms. The van der Waals surface area contributed by atoms with Gasteiger partial charge in [-0.05, 0) is 49.8 Å². The minimum Gasteiger partial charge on any atom is -0.376 e. The molecule has 0 spiro atoms. The monoisotopic (exact) mass is 338 g/mol. The van der Waals surface area contributed by atoms with E-state index < -0.39 is 0 Å². The Hall–Kier alpha value is -2.07. The van der Waals surface area contributed by atoms with E-state index in [9.17, 15) is 4.79 Å². The van der Waals surface area contributed by atoms with E-state index in [1.807, 2.05) is 18.2 Å². The van der Waals surface area contributed by atoms with Crippen molar-refractivity contribution in [3.05, 3.63) is 48.2 Å². The fraction of sp³-hybridized carbons (Fsp3) is 0.476. The predicted octanol–water partition coefficient (Wildman–Crippen LogP) is 3.78. The van der Waals surface area contributed by atoms with Gasteiger partial charge in [0.15, 0.2) is 0 Å². The number of H-pyrrole nitrogens is 1. The second kappa shape index (κ2) is 7.44. The van der Waals surface area contributed by atoms with Crippen molar-refractivity contribution in [3.63, 3.8) is 0 Å². The lowest BCUT2D eigenvalue weighted by Crippen LogP contribution is -2.43. The number of carbonyl (C=O) groups excluding carboxylic acids is 1. The zero-order valence-corrected chi connectivity index (χ0v) is 14.6. The van der Waals surface area contributed by atoms with Gasteiger partial charge < -0.3 is 14.6 Å². The minimum atomic E-state index is 0.265. The Balaban J connectivity index is 1.38. The lowest BCUT2D eigenvalue weighted by Gasteiger charge is -2.30. The van der Waals surface area contributed by atoms with Gasteiger partial charge in [0, 0.05) is 31.0 Å². The van der Waals surface area contributed by atoms with Crippen molar-refractivity contribution < 1.29 is 9.53 Å². The first-order chi connectivity index (χ1) is 12.3. The second-order valence-electron chi connectivity index (χ2n) is 7.11. The molecule has 2 heterocycles. The highest BCUT2D eigenvalue weighted by Gasteiger charge is 2.36. The summed E-state index contributed by atoms with van der Waals surface area (Å²) in [6.07, 6.45) is 5.93. The molecule has 4 rings (SSSR count). The van der Waals surface area contributed by atoms with E-state index in [0.29, 0.717) is 12.5 Å². The van der Waals surface area contributed by atoms with E-state index in [1.165, 1.54) is 12.0 Å². The van der Waals surface area contributed by atoms with Crippen LogP contribution < -0.4 is 0 Å². The highest BCUT2D eigenvalue weighted by Crippen LogP contribution is 2.29. The van der Waals surface area contributed by atoms with E-state index in [4.69, 9.17) is 4.74 Å². The summed E-state index contributed by atoms with van der Waals surface area (Å²) in [5.41, 5.74) is 3.42. The Labute approximate surface area is 149 Å². The first kappa shape index (κ1) is 16.4. The third kappa shape index (κ3) is 3.64. The van der Waals surface area contributed by atoms with Crippen LogP contribution in [0.25, 0.3) is 11.3 Å². The van der Waals surface area contributed by atoms with Crippen LogP contribution in [0, 0.1) is 0 Å². The zero-order valence-electron chi connectivity index (χ0n) is 14.6. The average molecular weight is 338 g/mol. The third-order valence-electron chi connectivity index (χ3n) is 5.45. The number of ether oxygens (including phenoxy) is 1. The van der Waals surface area contributed by atoms with E-state index >= 15 is 0 Å². The van der Waals surface area contributed by atoms with Gasteiger partial charge in [-0.15, -0.1) is 0 Å². The van der Waals surface area contributed by atoms with Crippen LogP contribution in [0.5, 0.6) is 0 Å². The van der Waals surface area contributed by atoms with Crippen LogP contribution in [0.3, 0.4) is 0 Å². The summed E-state index contributed by atoms with van der Waals surface area (Å²) in [5, 5.41) is 0. The Bertz CT molecular complexity index is 710. The maximum absolute atomic E-state index is 12.8. The van der Waals surface area contributed by atoms with Crippen molar-refractivity contribution in [1.29, 1.82) is 0 Å². The number of rotatable bonds is 4. The quantitative estimate of drug-likeness (QED) is 0.922. The molecule has 1 amide bonds. The van der Waals surface area contributed by atoms with Crippen LogP contribution in [0.1, 0.15) is 37.8 Å². The molecular formula is C21H26N2O2.